The van der Waals surface area contributed by atoms with Crippen LogP contribution < -0.4 is 4.74 Å². The van der Waals surface area contributed by atoms with Crippen LogP contribution in [0.1, 0.15) is 18.2 Å². The molecular formula is C25H23FN4O3. The Morgan fingerprint density at radius 3 is 2.70 bits per heavy atom. The van der Waals surface area contributed by atoms with Gasteiger partial charge in [0.2, 0.25) is 5.91 Å². The number of ether oxygens (including phenoxy) is 2. The third-order valence-electron chi connectivity index (χ3n) is 5.65. The quantitative estimate of drug-likeness (QED) is 0.440. The Bertz CT molecular complexity index is 1240. The summed E-state index contributed by atoms with van der Waals surface area (Å²) >= 11 is 0. The third-order valence-corrected chi connectivity index (χ3v) is 5.65. The van der Waals surface area contributed by atoms with Gasteiger partial charge in [-0.1, -0.05) is 18.2 Å². The molecule has 1 unspecified atom stereocenters. The van der Waals surface area contributed by atoms with Crippen molar-refractivity contribution >= 4 is 16.8 Å². The number of pyridine rings is 1. The number of hydrogen-bond acceptors (Lipinski definition) is 5. The molecule has 5 rings (SSSR count). The first kappa shape index (κ1) is 21.1. The van der Waals surface area contributed by atoms with Crippen molar-refractivity contribution in [1.29, 1.82) is 0 Å². The standard InChI is InChI=1S/C25H23FN4O3/c26-19-5-7-20(8-6-19)33-21-9-10-22(27-16-21)24-17-29(13-14-32-24)25(31)11-12-30-23-4-2-1-3-18(23)15-28-30/h1-10,15-16,24H,11-14,17H2. The van der Waals surface area contributed by atoms with Crippen molar-refractivity contribution in [2.24, 2.45) is 0 Å². The predicted octanol–water partition coefficient (Wildman–Crippen LogP) is 4.35. The van der Waals surface area contributed by atoms with Crippen LogP contribution in [0.15, 0.2) is 73.1 Å². The smallest absolute Gasteiger partial charge is 0.224 e. The summed E-state index contributed by atoms with van der Waals surface area (Å²) < 4.78 is 26.5. The van der Waals surface area contributed by atoms with E-state index in [0.717, 1.165) is 16.6 Å². The average Bonchev–Trinajstić information content (AvgIpc) is 3.28. The highest BCUT2D eigenvalue weighted by atomic mass is 19.1. The van der Waals surface area contributed by atoms with E-state index < -0.39 is 0 Å². The molecule has 0 radical (unpaired) electrons. The van der Waals surface area contributed by atoms with Gasteiger partial charge in [-0.25, -0.2) is 4.39 Å². The van der Waals surface area contributed by atoms with Crippen LogP contribution in [0.5, 0.6) is 11.5 Å². The summed E-state index contributed by atoms with van der Waals surface area (Å²) in [7, 11) is 0. The van der Waals surface area contributed by atoms with Crippen molar-refractivity contribution in [3.05, 3.63) is 84.6 Å². The SMILES string of the molecule is O=C(CCn1ncc2ccccc21)N1CCOC(c2ccc(Oc3ccc(F)cc3)cn2)C1. The maximum Gasteiger partial charge on any atom is 0.224 e. The molecule has 1 atom stereocenters. The first-order valence-electron chi connectivity index (χ1n) is 10.8. The zero-order chi connectivity index (χ0) is 22.6. The number of nitrogens with zero attached hydrogens (tertiary/aromatic N) is 4. The fraction of sp³-hybridized carbons (Fsp3) is 0.240. The molecule has 4 aromatic rings. The highest BCUT2D eigenvalue weighted by Gasteiger charge is 2.26. The van der Waals surface area contributed by atoms with Crippen LogP contribution in [-0.4, -0.2) is 45.3 Å². The number of morpholine rings is 1. The van der Waals surface area contributed by atoms with E-state index in [1.807, 2.05) is 46.1 Å². The monoisotopic (exact) mass is 446 g/mol. The fourth-order valence-electron chi connectivity index (χ4n) is 3.90. The van der Waals surface area contributed by atoms with E-state index in [1.165, 1.54) is 12.1 Å². The lowest BCUT2D eigenvalue weighted by molar-refractivity contribution is -0.139. The number of halogens is 1. The van der Waals surface area contributed by atoms with Crippen LogP contribution >= 0.6 is 0 Å². The van der Waals surface area contributed by atoms with Gasteiger partial charge in [0.05, 0.1) is 43.3 Å². The second-order valence-corrected chi connectivity index (χ2v) is 7.85. The predicted molar refractivity (Wildman–Crippen MR) is 120 cm³/mol. The number of aromatic nitrogens is 3. The normalized spacial score (nSPS) is 16.2. The Morgan fingerprint density at radius 2 is 1.88 bits per heavy atom. The third kappa shape index (κ3) is 4.85. The van der Waals surface area contributed by atoms with E-state index in [9.17, 15) is 9.18 Å². The molecule has 2 aromatic carbocycles. The van der Waals surface area contributed by atoms with Crippen LogP contribution in [-0.2, 0) is 16.1 Å². The molecule has 1 aliphatic heterocycles. The van der Waals surface area contributed by atoms with Gasteiger partial charge in [-0.15, -0.1) is 0 Å². The van der Waals surface area contributed by atoms with Crippen molar-refractivity contribution in [2.45, 2.75) is 19.1 Å². The largest absolute Gasteiger partial charge is 0.456 e. The molecule has 1 fully saturated rings. The highest BCUT2D eigenvalue weighted by Crippen LogP contribution is 2.25. The van der Waals surface area contributed by atoms with E-state index >= 15 is 0 Å². The summed E-state index contributed by atoms with van der Waals surface area (Å²) in [6.45, 7) is 1.99. The van der Waals surface area contributed by atoms with Gasteiger partial charge in [0.25, 0.3) is 0 Å². The molecule has 8 heteroatoms. The second kappa shape index (κ2) is 9.38. The van der Waals surface area contributed by atoms with Crippen molar-refractivity contribution in [2.75, 3.05) is 19.7 Å². The van der Waals surface area contributed by atoms with Gasteiger partial charge in [0.15, 0.2) is 0 Å². The number of rotatable bonds is 6. The van der Waals surface area contributed by atoms with E-state index in [4.69, 9.17) is 9.47 Å². The van der Waals surface area contributed by atoms with Gasteiger partial charge in [0, 0.05) is 18.4 Å². The molecule has 0 N–H and O–H groups in total. The lowest BCUT2D eigenvalue weighted by Crippen LogP contribution is -2.42. The summed E-state index contributed by atoms with van der Waals surface area (Å²) in [6, 6.07) is 17.4. The molecule has 1 saturated heterocycles. The summed E-state index contributed by atoms with van der Waals surface area (Å²) in [4.78, 5) is 19.1. The zero-order valence-corrected chi connectivity index (χ0v) is 17.9. The van der Waals surface area contributed by atoms with Crippen LogP contribution in [0.4, 0.5) is 4.39 Å². The Labute approximate surface area is 190 Å². The first-order valence-corrected chi connectivity index (χ1v) is 10.8. The molecule has 168 valence electrons. The molecule has 7 nitrogen and oxygen atoms in total. The second-order valence-electron chi connectivity index (χ2n) is 7.85. The summed E-state index contributed by atoms with van der Waals surface area (Å²) in [5.41, 5.74) is 1.76. The molecule has 1 aliphatic rings. The molecule has 0 saturated carbocycles. The number of hydrogen-bond donors (Lipinski definition) is 0. The van der Waals surface area contributed by atoms with Gasteiger partial charge < -0.3 is 14.4 Å². The molecule has 3 heterocycles. The van der Waals surface area contributed by atoms with Gasteiger partial charge in [-0.2, -0.15) is 5.10 Å². The minimum absolute atomic E-state index is 0.0687. The summed E-state index contributed by atoms with van der Waals surface area (Å²) in [5.74, 6) is 0.823. The number of carbonyl (C=O) groups is 1. The minimum Gasteiger partial charge on any atom is -0.456 e. The first-order chi connectivity index (χ1) is 16.2. The van der Waals surface area contributed by atoms with Gasteiger partial charge in [-0.3, -0.25) is 14.5 Å². The van der Waals surface area contributed by atoms with Crippen LogP contribution in [0.3, 0.4) is 0 Å². The summed E-state index contributed by atoms with van der Waals surface area (Å²) in [6.07, 6.45) is 3.50. The van der Waals surface area contributed by atoms with Crippen LogP contribution in [0.25, 0.3) is 10.9 Å². The van der Waals surface area contributed by atoms with Gasteiger partial charge in [0.1, 0.15) is 23.4 Å². The summed E-state index contributed by atoms with van der Waals surface area (Å²) in [5, 5.41) is 5.46. The molecular weight excluding hydrogens is 423 g/mol. The lowest BCUT2D eigenvalue weighted by atomic mass is 10.1. The number of para-hydroxylation sites is 1. The molecule has 0 spiro atoms. The van der Waals surface area contributed by atoms with E-state index in [2.05, 4.69) is 10.1 Å². The number of aryl methyl sites for hydroxylation is 1. The van der Waals surface area contributed by atoms with Gasteiger partial charge >= 0.3 is 0 Å². The molecule has 33 heavy (non-hydrogen) atoms. The Kier molecular flexibility index (Phi) is 5.99. The van der Waals surface area contributed by atoms with Crippen molar-refractivity contribution in [3.63, 3.8) is 0 Å². The van der Waals surface area contributed by atoms with E-state index in [0.29, 0.717) is 44.2 Å². The Balaban J connectivity index is 1.18. The molecule has 0 bridgehead atoms. The fourth-order valence-corrected chi connectivity index (χ4v) is 3.90. The highest BCUT2D eigenvalue weighted by molar-refractivity contribution is 5.79. The molecule has 2 aromatic heterocycles. The lowest BCUT2D eigenvalue weighted by Gasteiger charge is -2.32. The maximum absolute atomic E-state index is 13.0. The number of fused-ring (bicyclic) bond motifs is 1. The topological polar surface area (TPSA) is 69.5 Å². The van der Waals surface area contributed by atoms with E-state index in [1.54, 1.807) is 24.4 Å². The molecule has 0 aliphatic carbocycles. The minimum atomic E-state index is -0.317. The number of carbonyl (C=O) groups excluding carboxylic acids is 1. The van der Waals surface area contributed by atoms with Gasteiger partial charge in [-0.05, 0) is 42.5 Å². The van der Waals surface area contributed by atoms with Crippen LogP contribution in [0.2, 0.25) is 0 Å². The van der Waals surface area contributed by atoms with Crippen molar-refractivity contribution in [3.8, 4) is 11.5 Å². The Hall–Kier alpha value is -3.78. The number of benzene rings is 2. The van der Waals surface area contributed by atoms with Crippen molar-refractivity contribution in [1.82, 2.24) is 19.7 Å². The van der Waals surface area contributed by atoms with E-state index in [-0.39, 0.29) is 17.8 Å². The number of amides is 1. The maximum atomic E-state index is 13.0. The van der Waals surface area contributed by atoms with Crippen LogP contribution in [0, 0.1) is 5.82 Å². The molecule has 1 amide bonds. The van der Waals surface area contributed by atoms with Crippen molar-refractivity contribution < 1.29 is 18.7 Å². The zero-order valence-electron chi connectivity index (χ0n) is 17.9. The Morgan fingerprint density at radius 1 is 1.06 bits per heavy atom. The average molecular weight is 446 g/mol.